The van der Waals surface area contributed by atoms with Crippen LogP contribution < -0.4 is 10.5 Å². The van der Waals surface area contributed by atoms with Crippen LogP contribution in [-0.2, 0) is 11.3 Å². The molecule has 0 saturated carbocycles. The van der Waals surface area contributed by atoms with Crippen molar-refractivity contribution in [3.05, 3.63) is 39.3 Å². The van der Waals surface area contributed by atoms with Crippen molar-refractivity contribution in [2.24, 2.45) is 0 Å². The number of anilines is 1. The SMILES string of the molecule is CCn1c(SCC(=O)N2CCN(c3ncccn3)CC2)nc2sc(C)c(C)c2c1=O. The predicted octanol–water partition coefficient (Wildman–Crippen LogP) is 2.33. The van der Waals surface area contributed by atoms with Gasteiger partial charge in [-0.15, -0.1) is 11.3 Å². The summed E-state index contributed by atoms with van der Waals surface area (Å²) in [6.07, 6.45) is 3.45. The number of aromatic nitrogens is 4. The highest BCUT2D eigenvalue weighted by molar-refractivity contribution is 7.99. The van der Waals surface area contributed by atoms with Gasteiger partial charge in [0.05, 0.1) is 11.1 Å². The van der Waals surface area contributed by atoms with Crippen LogP contribution in [0.1, 0.15) is 17.4 Å². The maximum absolute atomic E-state index is 12.9. The molecule has 1 aliphatic rings. The van der Waals surface area contributed by atoms with Crippen molar-refractivity contribution in [2.75, 3.05) is 36.8 Å². The molecule has 1 saturated heterocycles. The Hall–Kier alpha value is -2.46. The fourth-order valence-corrected chi connectivity index (χ4v) is 5.56. The highest BCUT2D eigenvalue weighted by Crippen LogP contribution is 2.28. The fraction of sp³-hybridized carbons (Fsp3) is 0.450. The first-order valence-electron chi connectivity index (χ1n) is 9.92. The number of carbonyl (C=O) groups excluding carboxylic acids is 1. The minimum absolute atomic E-state index is 0.0178. The zero-order valence-corrected chi connectivity index (χ0v) is 18.9. The highest BCUT2D eigenvalue weighted by Gasteiger charge is 2.23. The van der Waals surface area contributed by atoms with Crippen molar-refractivity contribution in [2.45, 2.75) is 32.5 Å². The van der Waals surface area contributed by atoms with Gasteiger partial charge in [-0.3, -0.25) is 14.2 Å². The molecule has 30 heavy (non-hydrogen) atoms. The van der Waals surface area contributed by atoms with Crippen LogP contribution in [0.5, 0.6) is 0 Å². The summed E-state index contributed by atoms with van der Waals surface area (Å²) >= 11 is 2.88. The van der Waals surface area contributed by atoms with Gasteiger partial charge in [0, 0.05) is 50.0 Å². The third kappa shape index (κ3) is 3.93. The van der Waals surface area contributed by atoms with E-state index in [-0.39, 0.29) is 17.2 Å². The molecule has 0 bridgehead atoms. The maximum Gasteiger partial charge on any atom is 0.263 e. The Morgan fingerprint density at radius 3 is 2.53 bits per heavy atom. The molecule has 158 valence electrons. The number of hydrogen-bond donors (Lipinski definition) is 0. The van der Waals surface area contributed by atoms with E-state index in [1.54, 1.807) is 23.0 Å². The second-order valence-electron chi connectivity index (χ2n) is 7.11. The Kier molecular flexibility index (Phi) is 6.05. The van der Waals surface area contributed by atoms with Gasteiger partial charge in [0.2, 0.25) is 11.9 Å². The molecule has 0 aromatic carbocycles. The predicted molar refractivity (Wildman–Crippen MR) is 121 cm³/mol. The summed E-state index contributed by atoms with van der Waals surface area (Å²) in [7, 11) is 0. The molecule has 0 atom stereocenters. The highest BCUT2D eigenvalue weighted by atomic mass is 32.2. The normalized spacial score (nSPS) is 14.5. The van der Waals surface area contributed by atoms with E-state index in [4.69, 9.17) is 4.98 Å². The van der Waals surface area contributed by atoms with Crippen molar-refractivity contribution >= 4 is 45.2 Å². The summed E-state index contributed by atoms with van der Waals surface area (Å²) < 4.78 is 1.67. The third-order valence-corrected chi connectivity index (χ3v) is 7.42. The maximum atomic E-state index is 12.9. The van der Waals surface area contributed by atoms with Gasteiger partial charge in [0.1, 0.15) is 4.83 Å². The van der Waals surface area contributed by atoms with Crippen molar-refractivity contribution in [1.82, 2.24) is 24.4 Å². The molecule has 1 aliphatic heterocycles. The molecular weight excluding hydrogens is 420 g/mol. The minimum Gasteiger partial charge on any atom is -0.338 e. The van der Waals surface area contributed by atoms with Crippen LogP contribution in [-0.4, -0.2) is 62.3 Å². The number of piperazine rings is 1. The number of nitrogens with zero attached hydrogens (tertiary/aromatic N) is 6. The van der Waals surface area contributed by atoms with Crippen molar-refractivity contribution in [1.29, 1.82) is 0 Å². The summed E-state index contributed by atoms with van der Waals surface area (Å²) in [4.78, 5) is 44.8. The van der Waals surface area contributed by atoms with Gasteiger partial charge in [-0.05, 0) is 32.4 Å². The summed E-state index contributed by atoms with van der Waals surface area (Å²) in [6, 6.07) is 1.79. The smallest absolute Gasteiger partial charge is 0.263 e. The second kappa shape index (κ2) is 8.73. The first-order chi connectivity index (χ1) is 14.5. The van der Waals surface area contributed by atoms with E-state index in [9.17, 15) is 9.59 Å². The molecule has 0 unspecified atom stereocenters. The Morgan fingerprint density at radius 1 is 1.17 bits per heavy atom. The first-order valence-corrected chi connectivity index (χ1v) is 11.7. The van der Waals surface area contributed by atoms with Crippen molar-refractivity contribution in [3.63, 3.8) is 0 Å². The topological polar surface area (TPSA) is 84.2 Å². The summed E-state index contributed by atoms with van der Waals surface area (Å²) in [5.41, 5.74) is 0.985. The van der Waals surface area contributed by atoms with Crippen LogP contribution in [0.15, 0.2) is 28.4 Å². The number of thioether (sulfide) groups is 1. The van der Waals surface area contributed by atoms with E-state index in [0.717, 1.165) is 15.3 Å². The molecule has 0 spiro atoms. The number of amides is 1. The minimum atomic E-state index is -0.0178. The summed E-state index contributed by atoms with van der Waals surface area (Å²) in [5, 5.41) is 1.32. The molecule has 3 aromatic rings. The van der Waals surface area contributed by atoms with Gasteiger partial charge < -0.3 is 9.80 Å². The standard InChI is InChI=1S/C20H24N6O2S2/c1-4-26-18(28)16-13(2)14(3)30-17(16)23-20(26)29-12-15(27)24-8-10-25(11-9-24)19-21-6-5-7-22-19/h5-7H,4,8-12H2,1-3H3. The number of rotatable bonds is 5. The van der Waals surface area contributed by atoms with E-state index in [0.29, 0.717) is 49.2 Å². The fourth-order valence-electron chi connectivity index (χ4n) is 3.53. The van der Waals surface area contributed by atoms with Crippen LogP contribution in [0.25, 0.3) is 10.2 Å². The van der Waals surface area contributed by atoms with Gasteiger partial charge in [0.25, 0.3) is 5.56 Å². The zero-order valence-electron chi connectivity index (χ0n) is 17.3. The molecule has 10 heteroatoms. The van der Waals surface area contributed by atoms with Gasteiger partial charge >= 0.3 is 0 Å². The van der Waals surface area contributed by atoms with E-state index in [2.05, 4.69) is 14.9 Å². The van der Waals surface area contributed by atoms with Gasteiger partial charge in [0.15, 0.2) is 5.16 Å². The third-order valence-electron chi connectivity index (χ3n) is 5.36. The molecule has 1 amide bonds. The number of aryl methyl sites for hydroxylation is 2. The van der Waals surface area contributed by atoms with Gasteiger partial charge in [-0.1, -0.05) is 11.8 Å². The average molecular weight is 445 g/mol. The first kappa shape index (κ1) is 20.8. The van der Waals surface area contributed by atoms with Crippen LogP contribution in [0.2, 0.25) is 0 Å². The van der Waals surface area contributed by atoms with Crippen LogP contribution in [0.3, 0.4) is 0 Å². The van der Waals surface area contributed by atoms with Crippen molar-refractivity contribution < 1.29 is 4.79 Å². The Morgan fingerprint density at radius 2 is 1.87 bits per heavy atom. The molecule has 0 N–H and O–H groups in total. The largest absolute Gasteiger partial charge is 0.338 e. The molecule has 4 rings (SSSR count). The lowest BCUT2D eigenvalue weighted by Crippen LogP contribution is -2.49. The molecule has 8 nitrogen and oxygen atoms in total. The molecule has 1 fully saturated rings. The lowest BCUT2D eigenvalue weighted by atomic mass is 10.2. The zero-order chi connectivity index (χ0) is 21.3. The van der Waals surface area contributed by atoms with E-state index in [1.807, 2.05) is 25.7 Å². The number of hydrogen-bond acceptors (Lipinski definition) is 8. The average Bonchev–Trinajstić information content (AvgIpc) is 3.06. The Labute approximate surface area is 183 Å². The summed E-state index contributed by atoms with van der Waals surface area (Å²) in [5.74, 6) is 1.03. The summed E-state index contributed by atoms with van der Waals surface area (Å²) in [6.45, 7) is 9.11. The van der Waals surface area contributed by atoms with Crippen LogP contribution in [0.4, 0.5) is 5.95 Å². The van der Waals surface area contributed by atoms with Gasteiger partial charge in [-0.25, -0.2) is 15.0 Å². The lowest BCUT2D eigenvalue weighted by Gasteiger charge is -2.34. The monoisotopic (exact) mass is 444 g/mol. The lowest BCUT2D eigenvalue weighted by molar-refractivity contribution is -0.128. The van der Waals surface area contributed by atoms with Crippen LogP contribution in [0, 0.1) is 13.8 Å². The molecule has 3 aromatic heterocycles. The Bertz CT molecular complexity index is 1120. The second-order valence-corrected chi connectivity index (χ2v) is 9.26. The molecular formula is C20H24N6O2S2. The Balaban J connectivity index is 1.43. The van der Waals surface area contributed by atoms with E-state index in [1.165, 1.54) is 23.1 Å². The van der Waals surface area contributed by atoms with E-state index >= 15 is 0 Å². The number of carbonyl (C=O) groups is 1. The molecule has 4 heterocycles. The molecule has 0 radical (unpaired) electrons. The number of fused-ring (bicyclic) bond motifs is 1. The number of thiophene rings is 1. The van der Waals surface area contributed by atoms with Crippen molar-refractivity contribution in [3.8, 4) is 0 Å². The van der Waals surface area contributed by atoms with Crippen LogP contribution >= 0.6 is 23.1 Å². The molecule has 0 aliphatic carbocycles. The van der Waals surface area contributed by atoms with E-state index < -0.39 is 0 Å². The van der Waals surface area contributed by atoms with Gasteiger partial charge in [-0.2, -0.15) is 0 Å². The quantitative estimate of drug-likeness (QED) is 0.441.